The van der Waals surface area contributed by atoms with Gasteiger partial charge in [0.25, 0.3) is 0 Å². The zero-order valence-corrected chi connectivity index (χ0v) is 16.4. The van der Waals surface area contributed by atoms with Crippen LogP contribution in [0.25, 0.3) is 23.2 Å². The van der Waals surface area contributed by atoms with Crippen LogP contribution in [-0.2, 0) is 0 Å². The first-order valence-corrected chi connectivity index (χ1v) is 10.1. The van der Waals surface area contributed by atoms with Gasteiger partial charge in [-0.15, -0.1) is 10.2 Å². The summed E-state index contributed by atoms with van der Waals surface area (Å²) in [4.78, 5) is 4.23. The summed E-state index contributed by atoms with van der Waals surface area (Å²) >= 11 is 1.66. The third-order valence-corrected chi connectivity index (χ3v) is 5.15. The molecule has 0 spiro atoms. The van der Waals surface area contributed by atoms with E-state index in [4.69, 9.17) is 0 Å². The van der Waals surface area contributed by atoms with Gasteiger partial charge in [-0.3, -0.25) is 9.55 Å². The van der Waals surface area contributed by atoms with E-state index in [1.165, 1.54) is 11.1 Å². The van der Waals surface area contributed by atoms with Crippen molar-refractivity contribution in [1.82, 2.24) is 19.7 Å². The predicted octanol–water partition coefficient (Wildman–Crippen LogP) is 5.44. The molecule has 28 heavy (non-hydrogen) atoms. The molecule has 4 rings (SSSR count). The first-order chi connectivity index (χ1) is 13.8. The molecule has 4 aromatic rings. The van der Waals surface area contributed by atoms with Crippen LogP contribution in [0.1, 0.15) is 11.1 Å². The second kappa shape index (κ2) is 8.67. The molecular weight excluding hydrogens is 364 g/mol. The van der Waals surface area contributed by atoms with Crippen molar-refractivity contribution in [1.29, 1.82) is 0 Å². The molecule has 0 bridgehead atoms. The van der Waals surface area contributed by atoms with Crippen LogP contribution in [0.4, 0.5) is 0 Å². The lowest BCUT2D eigenvalue weighted by molar-refractivity contribution is 0.887. The molecule has 5 heteroatoms. The van der Waals surface area contributed by atoms with Crippen LogP contribution in [0.15, 0.2) is 90.4 Å². The van der Waals surface area contributed by atoms with E-state index in [2.05, 4.69) is 75.2 Å². The van der Waals surface area contributed by atoms with Gasteiger partial charge < -0.3 is 0 Å². The van der Waals surface area contributed by atoms with E-state index in [9.17, 15) is 0 Å². The zero-order chi connectivity index (χ0) is 19.2. The first kappa shape index (κ1) is 18.2. The SMILES string of the molecule is Cc1ccc(-n2c(SCC=Cc3ccccc3)nnc2-c2cccnc2)cc1. The average molecular weight is 385 g/mol. The van der Waals surface area contributed by atoms with Crippen molar-refractivity contribution >= 4 is 17.8 Å². The number of pyridine rings is 1. The third kappa shape index (κ3) is 4.21. The number of nitrogens with zero attached hydrogens (tertiary/aromatic N) is 4. The number of aromatic nitrogens is 4. The summed E-state index contributed by atoms with van der Waals surface area (Å²) in [6.07, 6.45) is 7.86. The number of hydrogen-bond acceptors (Lipinski definition) is 4. The minimum Gasteiger partial charge on any atom is -0.270 e. The van der Waals surface area contributed by atoms with Crippen molar-refractivity contribution < 1.29 is 0 Å². The largest absolute Gasteiger partial charge is 0.270 e. The maximum absolute atomic E-state index is 4.45. The molecule has 2 aromatic carbocycles. The van der Waals surface area contributed by atoms with Crippen LogP contribution in [0.5, 0.6) is 0 Å². The van der Waals surface area contributed by atoms with E-state index in [0.717, 1.165) is 28.0 Å². The second-order valence-electron chi connectivity index (χ2n) is 6.34. The Kier molecular flexibility index (Phi) is 5.64. The standard InChI is InChI=1S/C23H20N4S/c1-18-11-13-21(14-12-18)27-22(20-10-5-15-24-17-20)25-26-23(27)28-16-6-9-19-7-3-2-4-8-19/h2-15,17H,16H2,1H3. The van der Waals surface area contributed by atoms with E-state index in [-0.39, 0.29) is 0 Å². The van der Waals surface area contributed by atoms with Crippen LogP contribution in [-0.4, -0.2) is 25.5 Å². The van der Waals surface area contributed by atoms with Crippen molar-refractivity contribution in [2.75, 3.05) is 5.75 Å². The number of benzene rings is 2. The number of aryl methyl sites for hydroxylation is 1. The van der Waals surface area contributed by atoms with Gasteiger partial charge in [-0.05, 0) is 36.8 Å². The van der Waals surface area contributed by atoms with Crippen LogP contribution >= 0.6 is 11.8 Å². The molecule has 0 unspecified atom stereocenters. The van der Waals surface area contributed by atoms with Crippen LogP contribution in [0, 0.1) is 6.92 Å². The summed E-state index contributed by atoms with van der Waals surface area (Å²) < 4.78 is 2.09. The smallest absolute Gasteiger partial charge is 0.196 e. The number of hydrogen-bond donors (Lipinski definition) is 0. The van der Waals surface area contributed by atoms with E-state index in [1.54, 1.807) is 18.0 Å². The molecular formula is C23H20N4S. The summed E-state index contributed by atoms with van der Waals surface area (Å²) in [5.41, 5.74) is 4.41. The molecule has 138 valence electrons. The lowest BCUT2D eigenvalue weighted by Gasteiger charge is -2.10. The lowest BCUT2D eigenvalue weighted by Crippen LogP contribution is -2.00. The number of thioether (sulfide) groups is 1. The maximum atomic E-state index is 4.45. The van der Waals surface area contributed by atoms with Crippen LogP contribution < -0.4 is 0 Å². The highest BCUT2D eigenvalue weighted by molar-refractivity contribution is 7.99. The average Bonchev–Trinajstić information content (AvgIpc) is 3.17. The minimum atomic E-state index is 0.798. The van der Waals surface area contributed by atoms with E-state index in [0.29, 0.717) is 0 Å². The fourth-order valence-corrected chi connectivity index (χ4v) is 3.60. The van der Waals surface area contributed by atoms with Crippen LogP contribution in [0.2, 0.25) is 0 Å². The van der Waals surface area contributed by atoms with E-state index in [1.807, 2.05) is 36.5 Å². The summed E-state index contributed by atoms with van der Waals surface area (Å²) in [6.45, 7) is 2.09. The van der Waals surface area contributed by atoms with Gasteiger partial charge in [-0.1, -0.05) is 71.9 Å². The van der Waals surface area contributed by atoms with Gasteiger partial charge in [0.05, 0.1) is 0 Å². The van der Waals surface area contributed by atoms with E-state index >= 15 is 0 Å². The molecule has 0 aliphatic carbocycles. The Hall–Kier alpha value is -3.18. The molecule has 2 aromatic heterocycles. The summed E-state index contributed by atoms with van der Waals surface area (Å²) in [5, 5.41) is 9.76. The minimum absolute atomic E-state index is 0.798. The molecule has 0 atom stereocenters. The second-order valence-corrected chi connectivity index (χ2v) is 7.33. The van der Waals surface area contributed by atoms with Crippen molar-refractivity contribution in [2.24, 2.45) is 0 Å². The van der Waals surface area contributed by atoms with E-state index < -0.39 is 0 Å². The maximum Gasteiger partial charge on any atom is 0.196 e. The fourth-order valence-electron chi connectivity index (χ4n) is 2.84. The van der Waals surface area contributed by atoms with Gasteiger partial charge in [-0.25, -0.2) is 0 Å². The Labute approximate surface area is 169 Å². The molecule has 0 aliphatic rings. The van der Waals surface area contributed by atoms with Crippen molar-refractivity contribution in [3.8, 4) is 17.1 Å². The lowest BCUT2D eigenvalue weighted by atomic mass is 10.2. The van der Waals surface area contributed by atoms with Gasteiger partial charge in [0.2, 0.25) is 0 Å². The molecule has 0 aliphatic heterocycles. The van der Waals surface area contributed by atoms with Gasteiger partial charge in [-0.2, -0.15) is 0 Å². The fraction of sp³-hybridized carbons (Fsp3) is 0.0870. The van der Waals surface area contributed by atoms with Crippen molar-refractivity contribution in [3.63, 3.8) is 0 Å². The van der Waals surface area contributed by atoms with Crippen LogP contribution in [0.3, 0.4) is 0 Å². The predicted molar refractivity (Wildman–Crippen MR) is 116 cm³/mol. The molecule has 0 amide bonds. The Morgan fingerprint density at radius 2 is 1.75 bits per heavy atom. The molecule has 0 fully saturated rings. The number of rotatable bonds is 6. The Bertz CT molecular complexity index is 1050. The quantitative estimate of drug-likeness (QED) is 0.415. The van der Waals surface area contributed by atoms with Crippen molar-refractivity contribution in [2.45, 2.75) is 12.1 Å². The van der Waals surface area contributed by atoms with Gasteiger partial charge in [0.15, 0.2) is 11.0 Å². The summed E-state index contributed by atoms with van der Waals surface area (Å²) in [5.74, 6) is 1.61. The van der Waals surface area contributed by atoms with Crippen molar-refractivity contribution in [3.05, 3.63) is 96.3 Å². The Morgan fingerprint density at radius 3 is 2.50 bits per heavy atom. The summed E-state index contributed by atoms with van der Waals surface area (Å²) in [6, 6.07) is 22.6. The summed E-state index contributed by atoms with van der Waals surface area (Å²) in [7, 11) is 0. The van der Waals surface area contributed by atoms with Gasteiger partial charge in [0, 0.05) is 29.4 Å². The molecule has 4 nitrogen and oxygen atoms in total. The molecule has 0 N–H and O–H groups in total. The molecule has 2 heterocycles. The zero-order valence-electron chi connectivity index (χ0n) is 15.6. The first-order valence-electron chi connectivity index (χ1n) is 9.08. The molecule has 0 saturated carbocycles. The normalized spacial score (nSPS) is 11.2. The van der Waals surface area contributed by atoms with Gasteiger partial charge in [0.1, 0.15) is 0 Å². The highest BCUT2D eigenvalue weighted by atomic mass is 32.2. The Balaban J connectivity index is 1.62. The highest BCUT2D eigenvalue weighted by Crippen LogP contribution is 2.27. The molecule has 0 radical (unpaired) electrons. The monoisotopic (exact) mass is 384 g/mol. The Morgan fingerprint density at radius 1 is 0.929 bits per heavy atom. The third-order valence-electron chi connectivity index (χ3n) is 4.26. The van der Waals surface area contributed by atoms with Gasteiger partial charge >= 0.3 is 0 Å². The molecule has 0 saturated heterocycles. The topological polar surface area (TPSA) is 43.6 Å². The highest BCUT2D eigenvalue weighted by Gasteiger charge is 2.15.